The molecule has 792 valence electrons. The number of carbonyl (C=O) groups is 15. The number of hydrogen-bond acceptors (Lipinski definition) is 34. The minimum atomic E-state index is -1.08. The second kappa shape index (κ2) is 69.2. The van der Waals surface area contributed by atoms with Gasteiger partial charge in [-0.3, -0.25) is 43.3 Å². The average Bonchev–Trinajstić information content (AvgIpc) is 1.71. The Bertz CT molecular complexity index is 4220. The summed E-state index contributed by atoms with van der Waals surface area (Å²) in [5, 5.41) is 64.5. The van der Waals surface area contributed by atoms with Crippen molar-refractivity contribution < 1.29 is 149 Å². The number of nitrogens with zero attached hydrogens (tertiary/aromatic N) is 6. The van der Waals surface area contributed by atoms with E-state index in [9.17, 15) is 71.9 Å². The van der Waals surface area contributed by atoms with Crippen LogP contribution in [0.4, 0.5) is 47.9 Å². The monoisotopic (exact) mass is 2040 g/mol. The molecule has 3 heterocycles. The van der Waals surface area contributed by atoms with E-state index in [4.69, 9.17) is 69.1 Å². The van der Waals surface area contributed by atoms with Crippen LogP contribution in [0.3, 0.4) is 0 Å². The Morgan fingerprint density at radius 2 is 0.659 bits per heavy atom. The summed E-state index contributed by atoms with van der Waals surface area (Å²) in [5.74, 6) is 4.37. The van der Waals surface area contributed by atoms with Gasteiger partial charge in [0.2, 0.25) is 5.78 Å². The smallest absolute Gasteiger partial charge is 0.408 e. The van der Waals surface area contributed by atoms with Crippen molar-refractivity contribution in [2.24, 2.45) is 5.73 Å². The molecule has 0 aliphatic rings. The molecule has 11 amide bonds. The number of carbonyl (C=O) groups excluding carboxylic acids is 14. The summed E-state index contributed by atoms with van der Waals surface area (Å²) in [4.78, 5) is 174. The number of aliphatic hydroxyl groups is 2. The first-order valence-corrected chi connectivity index (χ1v) is 43.5. The number of alkyl carbamates (subject to hydrolysis) is 10. The SMILES string of the molecule is C#CCNC(=O)OC(C)(C)C.CC(C)(C)OC(=O)NCC#CC(=O)CNC(=O)OC(C)(C)C.CC(C)(C)OC(=O)NCc1cc(CNC(=O)OC(C)(C)C)[nH]n1.CC(C)(C)OC(=O)NCc1cc(CNC(=O)OC(C)(C)C)n(CC(=O)O)n1.CN.CO.CO.COC(=O)CBr.COC(=O)Cn1nc(CNC(=O)OC(C)(C)C)cc1CNC(=O)OC(C)(C)C.CON(C)C(=O)CNC(=O)OC(C)(C)C. The fourth-order valence-corrected chi connectivity index (χ4v) is 8.01. The van der Waals surface area contributed by atoms with E-state index in [2.05, 4.69) is 127 Å². The number of halogens is 1. The van der Waals surface area contributed by atoms with E-state index in [-0.39, 0.29) is 95.7 Å². The number of methoxy groups -OCH3 is 2. The first-order chi connectivity index (χ1) is 62.9. The summed E-state index contributed by atoms with van der Waals surface area (Å²) in [6, 6.07) is 5.00. The third-order valence-electron chi connectivity index (χ3n) is 12.4. The first kappa shape index (κ1) is 138. The van der Waals surface area contributed by atoms with Gasteiger partial charge in [0.15, 0.2) is 0 Å². The Morgan fingerprint density at radius 1 is 0.391 bits per heavy atom. The number of likely N-dealkylation sites (N-methyl/N-ethyl adjacent to an activating group) is 1. The zero-order valence-electron chi connectivity index (χ0n) is 87.4. The maximum absolute atomic E-state index is 11.8. The maximum Gasteiger partial charge on any atom is 0.408 e. The number of aromatic nitrogens is 6. The lowest BCUT2D eigenvalue weighted by Crippen LogP contribution is -2.40. The summed E-state index contributed by atoms with van der Waals surface area (Å²) in [5.41, 5.74) is 1.94. The number of H-pyrrole nitrogens is 1. The van der Waals surface area contributed by atoms with E-state index in [0.717, 1.165) is 19.3 Å². The van der Waals surface area contributed by atoms with Crippen LogP contribution in [-0.2, 0) is 138 Å². The number of rotatable bonds is 24. The molecule has 3 aromatic rings. The highest BCUT2D eigenvalue weighted by atomic mass is 79.9. The second-order valence-corrected chi connectivity index (χ2v) is 37.8. The molecule has 0 radical (unpaired) electrons. The number of aliphatic hydroxyl groups excluding tert-OH is 2. The normalized spacial score (nSPS) is 10.7. The number of ether oxygens (including phenoxy) is 12. The van der Waals surface area contributed by atoms with Crippen molar-refractivity contribution in [3.05, 3.63) is 52.4 Å². The second-order valence-electron chi connectivity index (χ2n) is 37.2. The number of nitrogens with two attached hydrogens (primary N) is 1. The molecule has 49 nitrogen and oxygen atoms in total. The average molecular weight is 2040 g/mol. The number of carboxylic acids is 1. The third kappa shape index (κ3) is 92.4. The lowest BCUT2D eigenvalue weighted by Gasteiger charge is -2.20. The molecule has 0 aromatic carbocycles. The lowest BCUT2D eigenvalue weighted by molar-refractivity contribution is -0.167. The number of hydroxylamine groups is 2. The molecule has 0 bridgehead atoms. The van der Waals surface area contributed by atoms with Crippen molar-refractivity contribution in [1.29, 1.82) is 0 Å². The van der Waals surface area contributed by atoms with Gasteiger partial charge in [-0.1, -0.05) is 27.8 Å². The Labute approximate surface area is 819 Å². The van der Waals surface area contributed by atoms with Gasteiger partial charge in [-0.05, 0) is 239 Å². The predicted molar refractivity (Wildman–Crippen MR) is 512 cm³/mol. The molecule has 0 spiro atoms. The van der Waals surface area contributed by atoms with E-state index in [1.807, 2.05) is 0 Å². The summed E-state index contributed by atoms with van der Waals surface area (Å²) >= 11 is 2.90. The molecule has 0 unspecified atom stereocenters. The van der Waals surface area contributed by atoms with Crippen molar-refractivity contribution in [2.75, 3.05) is 81.2 Å². The van der Waals surface area contributed by atoms with Crippen LogP contribution in [0.25, 0.3) is 0 Å². The van der Waals surface area contributed by atoms with Crippen LogP contribution < -0.4 is 58.9 Å². The van der Waals surface area contributed by atoms with Gasteiger partial charge in [-0.25, -0.2) is 53.0 Å². The van der Waals surface area contributed by atoms with E-state index in [1.54, 1.807) is 226 Å². The van der Waals surface area contributed by atoms with E-state index < -0.39 is 135 Å². The summed E-state index contributed by atoms with van der Waals surface area (Å²) < 4.78 is 62.2. The molecular weight excluding hydrogens is 1880 g/mol. The molecule has 3 rings (SSSR count). The van der Waals surface area contributed by atoms with E-state index in [1.165, 1.54) is 44.8 Å². The van der Waals surface area contributed by atoms with Crippen LogP contribution in [-0.4, -0.2) is 278 Å². The van der Waals surface area contributed by atoms with Crippen molar-refractivity contribution >= 4 is 106 Å². The number of terminal acetylenes is 1. The first-order valence-electron chi connectivity index (χ1n) is 42.4. The molecule has 0 fully saturated rings. The van der Waals surface area contributed by atoms with Crippen molar-refractivity contribution in [3.8, 4) is 24.2 Å². The number of esters is 2. The van der Waals surface area contributed by atoms with Gasteiger partial charge in [0, 0.05) is 21.3 Å². The Balaban J connectivity index is -0.000000296. The number of carboxylic acid groups (broad SMARTS) is 1. The van der Waals surface area contributed by atoms with Gasteiger partial charge in [-0.15, -0.1) is 6.42 Å². The van der Waals surface area contributed by atoms with E-state index >= 15 is 0 Å². The number of hydrogen-bond donors (Lipinski definition) is 15. The van der Waals surface area contributed by atoms with Crippen LogP contribution in [0.2, 0.25) is 0 Å². The molecular formula is C88H157BrN18O31. The molecule has 0 aliphatic carbocycles. The molecule has 3 aromatic heterocycles. The van der Waals surface area contributed by atoms with Crippen molar-refractivity contribution in [1.82, 2.24) is 88.0 Å². The number of amides is 11. The largest absolute Gasteiger partial charge is 0.480 e. The predicted octanol–water partition coefficient (Wildman–Crippen LogP) is 9.21. The number of aliphatic carboxylic acids is 1. The quantitative estimate of drug-likeness (QED) is 0.00991. The minimum Gasteiger partial charge on any atom is -0.480 e. The van der Waals surface area contributed by atoms with Crippen molar-refractivity contribution in [3.63, 3.8) is 0 Å². The van der Waals surface area contributed by atoms with Crippen molar-refractivity contribution in [2.45, 2.75) is 316 Å². The molecule has 16 N–H and O–H groups in total. The Hall–Kier alpha value is -12.7. The van der Waals surface area contributed by atoms with Gasteiger partial charge < -0.3 is 131 Å². The summed E-state index contributed by atoms with van der Waals surface area (Å²) in [6.07, 6.45) is -0.886. The molecule has 50 heteroatoms. The Kier molecular flexibility index (Phi) is 69.4. The molecule has 0 atom stereocenters. The number of ketones is 1. The molecule has 0 aliphatic heterocycles. The lowest BCUT2D eigenvalue weighted by atomic mass is 10.2. The molecule has 0 saturated carbocycles. The highest BCUT2D eigenvalue weighted by Gasteiger charge is 2.26. The van der Waals surface area contributed by atoms with Crippen LogP contribution in [0.5, 0.6) is 0 Å². The number of nitrogens with one attached hydrogen (secondary N) is 11. The highest BCUT2D eigenvalue weighted by Crippen LogP contribution is 2.17. The third-order valence-corrected chi connectivity index (χ3v) is 12.9. The molecule has 0 saturated heterocycles. The van der Waals surface area contributed by atoms with Gasteiger partial charge in [-0.2, -0.15) is 15.3 Å². The van der Waals surface area contributed by atoms with Gasteiger partial charge in [0.25, 0.3) is 5.91 Å². The zero-order chi connectivity index (χ0) is 109. The van der Waals surface area contributed by atoms with Gasteiger partial charge >= 0.3 is 78.8 Å². The Morgan fingerprint density at radius 3 is 0.935 bits per heavy atom. The van der Waals surface area contributed by atoms with Crippen LogP contribution in [0.15, 0.2) is 18.2 Å². The van der Waals surface area contributed by atoms with Gasteiger partial charge in [0.05, 0.1) is 114 Å². The van der Waals surface area contributed by atoms with Crippen LogP contribution in [0.1, 0.15) is 242 Å². The minimum absolute atomic E-state index is 0.0207. The molecule has 138 heavy (non-hydrogen) atoms. The summed E-state index contributed by atoms with van der Waals surface area (Å²) in [7, 11) is 8.95. The zero-order valence-corrected chi connectivity index (χ0v) is 89.0. The van der Waals surface area contributed by atoms with Crippen LogP contribution in [0, 0.1) is 24.2 Å². The number of aromatic amines is 1. The van der Waals surface area contributed by atoms with Crippen LogP contribution >= 0.6 is 15.9 Å². The highest BCUT2D eigenvalue weighted by molar-refractivity contribution is 9.09. The van der Waals surface area contributed by atoms with Gasteiger partial charge in [0.1, 0.15) is 81.0 Å². The fourth-order valence-electron chi connectivity index (χ4n) is 7.78. The number of alkyl halides is 1. The maximum atomic E-state index is 11.8. The van der Waals surface area contributed by atoms with E-state index in [0.29, 0.717) is 34.2 Å². The standard InChI is InChI=1S/C18H30N4O6.C17H28N4O6.C15H26N4O4.C15H24N2O5.C9H18N2O4.C8H13NO2.C3H5BrO2.CH5N.2CH4O/c1-17(2,3)27-15(24)19-9-12-8-13(22(21-12)11-14(23)26-7)10-20-16(25)28-18(4,5)6;1-16(2,3)26-14(24)18-8-11-7-12(21(20-11)10-13(22)23)9-19-15(25)27-17(4,5)6;1-14(2,3)22-12(20)16-8-10-7-11(19-18-10)9-17-13(21)23-15(4,5)6;1-14(2,3)21-12(19)16-9-7-8-11(18)10-17-13(20)22-15(4,5)6;1-9(2,3)15-8(13)10-6-7(12)11(4)14-5;1-5-6-9-7(10)11-8(2,3)4;1-6-3(5)2-4;3*1-2/h8H,9-11H2,1-7H3,(H,19,24)(H,20,25);7H,8-10H2,1-6H3,(H,18,24)(H,19,25)(H,22,23);7H,8-9H2,1-6H3,(H,16,20)(H,17,21)(H,18,19);9-10H2,1-6H3,(H,16,19)(H,17,20);6H2,1-5H3,(H,10,13);1H,6H2,2-4H3,(H,9,10);2H2,1H3;2H2,1H3;2*2H,1H3. The number of Topliss-reactive ketones (excluding diaryl/α,β-unsaturated/α-hetero) is 1. The fraction of sp³-hybridized carbons (Fsp3) is 0.682. The topological polar surface area (TPSA) is 651 Å². The summed E-state index contributed by atoms with van der Waals surface area (Å²) in [6.45, 7) is 52.8.